The van der Waals surface area contributed by atoms with Gasteiger partial charge in [-0.25, -0.2) is 4.98 Å². The molecule has 0 bridgehead atoms. The van der Waals surface area contributed by atoms with Crippen LogP contribution in [0.2, 0.25) is 0 Å². The van der Waals surface area contributed by atoms with E-state index < -0.39 is 5.91 Å². The number of aromatic nitrogens is 2. The summed E-state index contributed by atoms with van der Waals surface area (Å²) in [5.74, 6) is -0.438. The predicted octanol–water partition coefficient (Wildman–Crippen LogP) is 1.24. The number of carbonyl (C=O) groups is 1. The lowest BCUT2D eigenvalue weighted by Crippen LogP contribution is -2.10. The lowest BCUT2D eigenvalue weighted by molar-refractivity contribution is 0.100. The van der Waals surface area contributed by atoms with Gasteiger partial charge in [0.25, 0.3) is 5.91 Å². The highest BCUT2D eigenvalue weighted by atomic mass is 32.1. The molecule has 13 heavy (non-hydrogen) atoms. The summed E-state index contributed by atoms with van der Waals surface area (Å²) in [4.78, 5) is 18.0. The number of aromatic amines is 1. The Balaban J connectivity index is 2.52. The molecule has 0 unspecified atom stereocenters. The van der Waals surface area contributed by atoms with Crippen LogP contribution in [0.1, 0.15) is 10.4 Å². The van der Waals surface area contributed by atoms with Crippen LogP contribution in [-0.2, 0) is 0 Å². The first kappa shape index (κ1) is 8.00. The molecule has 4 nitrogen and oxygen atoms in total. The highest BCUT2D eigenvalue weighted by Crippen LogP contribution is 2.23. The van der Waals surface area contributed by atoms with Crippen LogP contribution in [-0.4, -0.2) is 15.9 Å². The summed E-state index contributed by atoms with van der Waals surface area (Å²) in [6.45, 7) is 0. The average Bonchev–Trinajstić information content (AvgIpc) is 2.74. The van der Waals surface area contributed by atoms with Crippen molar-refractivity contribution in [2.75, 3.05) is 0 Å². The second-order valence-corrected chi connectivity index (χ2v) is 3.36. The van der Waals surface area contributed by atoms with Gasteiger partial charge in [0.05, 0.1) is 11.3 Å². The van der Waals surface area contributed by atoms with Gasteiger partial charge in [-0.1, -0.05) is 0 Å². The molecule has 5 heteroatoms. The molecule has 3 N–H and O–H groups in total. The number of primary amides is 1. The molecule has 2 aromatic heterocycles. The van der Waals surface area contributed by atoms with E-state index in [0.29, 0.717) is 11.3 Å². The Hall–Kier alpha value is -1.62. The molecule has 0 radical (unpaired) electrons. The molecule has 0 aliphatic carbocycles. The zero-order valence-corrected chi connectivity index (χ0v) is 7.47. The standard InChI is InChI=1S/C8H7N3OS/c9-7(12)5-1-2-10-6(5)8-11-3-4-13-8/h1-4,10H,(H2,9,12). The fourth-order valence-electron chi connectivity index (χ4n) is 1.10. The van der Waals surface area contributed by atoms with Crippen LogP contribution in [0.15, 0.2) is 23.8 Å². The Morgan fingerprint density at radius 1 is 1.62 bits per heavy atom. The number of nitrogens with one attached hydrogen (secondary N) is 1. The third-order valence-corrected chi connectivity index (χ3v) is 2.45. The monoisotopic (exact) mass is 193 g/mol. The number of nitrogens with zero attached hydrogens (tertiary/aromatic N) is 1. The molecule has 1 amide bonds. The Morgan fingerprint density at radius 3 is 3.08 bits per heavy atom. The van der Waals surface area contributed by atoms with Gasteiger partial charge in [0.1, 0.15) is 5.01 Å². The Bertz CT molecular complexity index is 418. The van der Waals surface area contributed by atoms with Crippen LogP contribution >= 0.6 is 11.3 Å². The third-order valence-electron chi connectivity index (χ3n) is 1.66. The molecule has 0 fully saturated rings. The number of carbonyl (C=O) groups excluding carboxylic acids is 1. The third kappa shape index (κ3) is 1.33. The van der Waals surface area contributed by atoms with E-state index in [-0.39, 0.29) is 0 Å². The first-order valence-corrected chi connectivity index (χ1v) is 4.54. The van der Waals surface area contributed by atoms with E-state index in [9.17, 15) is 4.79 Å². The van der Waals surface area contributed by atoms with Crippen LogP contribution in [0.3, 0.4) is 0 Å². The van der Waals surface area contributed by atoms with Crippen LogP contribution in [0, 0.1) is 0 Å². The maximum atomic E-state index is 11.0. The number of hydrogen-bond acceptors (Lipinski definition) is 3. The van der Waals surface area contributed by atoms with Gasteiger partial charge < -0.3 is 10.7 Å². The van der Waals surface area contributed by atoms with Crippen molar-refractivity contribution in [3.8, 4) is 10.7 Å². The van der Waals surface area contributed by atoms with Crippen molar-refractivity contribution in [3.63, 3.8) is 0 Å². The predicted molar refractivity (Wildman–Crippen MR) is 50.4 cm³/mol. The zero-order valence-electron chi connectivity index (χ0n) is 6.65. The second kappa shape index (κ2) is 3.02. The molecular formula is C8H7N3OS. The summed E-state index contributed by atoms with van der Waals surface area (Å²) in [5.41, 5.74) is 6.36. The van der Waals surface area contributed by atoms with Crippen LogP contribution in [0.4, 0.5) is 0 Å². The van der Waals surface area contributed by atoms with Crippen LogP contribution in [0.5, 0.6) is 0 Å². The van der Waals surface area contributed by atoms with E-state index in [1.165, 1.54) is 11.3 Å². The SMILES string of the molecule is NC(=O)c1cc[nH]c1-c1nccs1. The van der Waals surface area contributed by atoms with Crippen molar-refractivity contribution >= 4 is 17.2 Å². The van der Waals surface area contributed by atoms with Crippen molar-refractivity contribution in [1.29, 1.82) is 0 Å². The van der Waals surface area contributed by atoms with Gasteiger partial charge in [-0.15, -0.1) is 11.3 Å². The van der Waals surface area contributed by atoms with Gasteiger partial charge >= 0.3 is 0 Å². The second-order valence-electron chi connectivity index (χ2n) is 2.47. The fraction of sp³-hybridized carbons (Fsp3) is 0. The van der Waals surface area contributed by atoms with Crippen molar-refractivity contribution in [3.05, 3.63) is 29.4 Å². The van der Waals surface area contributed by atoms with Crippen molar-refractivity contribution in [1.82, 2.24) is 9.97 Å². The highest BCUT2D eigenvalue weighted by Gasteiger charge is 2.12. The average molecular weight is 193 g/mol. The van der Waals surface area contributed by atoms with E-state index in [1.807, 2.05) is 5.38 Å². The first-order chi connectivity index (χ1) is 6.29. The number of nitrogens with two attached hydrogens (primary N) is 1. The molecule has 66 valence electrons. The van der Waals surface area contributed by atoms with Gasteiger partial charge in [-0.3, -0.25) is 4.79 Å². The molecule has 2 rings (SSSR count). The Labute approximate surface area is 78.4 Å². The number of H-pyrrole nitrogens is 1. The van der Waals surface area contributed by atoms with Gasteiger partial charge in [-0.05, 0) is 6.07 Å². The molecule has 0 atom stereocenters. The Morgan fingerprint density at radius 2 is 2.46 bits per heavy atom. The number of thiazole rings is 1. The van der Waals surface area contributed by atoms with Gasteiger partial charge in [0.15, 0.2) is 0 Å². The lowest BCUT2D eigenvalue weighted by atomic mass is 10.2. The van der Waals surface area contributed by atoms with E-state index in [2.05, 4.69) is 9.97 Å². The molecule has 0 aliphatic rings. The van der Waals surface area contributed by atoms with E-state index in [4.69, 9.17) is 5.73 Å². The van der Waals surface area contributed by atoms with Gasteiger partial charge in [0, 0.05) is 17.8 Å². The minimum Gasteiger partial charge on any atom is -0.366 e. The molecule has 0 saturated carbocycles. The Kier molecular flexibility index (Phi) is 1.86. The summed E-state index contributed by atoms with van der Waals surface area (Å²) >= 11 is 1.46. The minimum atomic E-state index is -0.438. The van der Waals surface area contributed by atoms with Gasteiger partial charge in [-0.2, -0.15) is 0 Å². The summed E-state index contributed by atoms with van der Waals surface area (Å²) in [6, 6.07) is 1.65. The highest BCUT2D eigenvalue weighted by molar-refractivity contribution is 7.13. The summed E-state index contributed by atoms with van der Waals surface area (Å²) < 4.78 is 0. The maximum absolute atomic E-state index is 11.0. The summed E-state index contributed by atoms with van der Waals surface area (Å²) in [5, 5.41) is 2.62. The van der Waals surface area contributed by atoms with Crippen LogP contribution < -0.4 is 5.73 Å². The van der Waals surface area contributed by atoms with E-state index in [1.54, 1.807) is 18.5 Å². The summed E-state index contributed by atoms with van der Waals surface area (Å²) in [6.07, 6.45) is 3.36. The van der Waals surface area contributed by atoms with Crippen molar-refractivity contribution < 1.29 is 4.79 Å². The molecule has 2 aromatic rings. The summed E-state index contributed by atoms with van der Waals surface area (Å²) in [7, 11) is 0. The van der Waals surface area contributed by atoms with Crippen LogP contribution in [0.25, 0.3) is 10.7 Å². The first-order valence-electron chi connectivity index (χ1n) is 3.66. The smallest absolute Gasteiger partial charge is 0.250 e. The zero-order chi connectivity index (χ0) is 9.26. The quantitative estimate of drug-likeness (QED) is 0.753. The van der Waals surface area contributed by atoms with E-state index >= 15 is 0 Å². The number of rotatable bonds is 2. The normalized spacial score (nSPS) is 10.2. The largest absolute Gasteiger partial charge is 0.366 e. The number of hydrogen-bond donors (Lipinski definition) is 2. The molecule has 2 heterocycles. The van der Waals surface area contributed by atoms with Crippen molar-refractivity contribution in [2.45, 2.75) is 0 Å². The topological polar surface area (TPSA) is 71.8 Å². The molecule has 0 aromatic carbocycles. The molecule has 0 aliphatic heterocycles. The molecule has 0 saturated heterocycles. The van der Waals surface area contributed by atoms with Crippen molar-refractivity contribution in [2.24, 2.45) is 5.73 Å². The lowest BCUT2D eigenvalue weighted by Gasteiger charge is -1.94. The number of amides is 1. The maximum Gasteiger partial charge on any atom is 0.250 e. The van der Waals surface area contributed by atoms with Gasteiger partial charge in [0.2, 0.25) is 0 Å². The molecule has 0 spiro atoms. The minimum absolute atomic E-state index is 0.438. The fourth-order valence-corrected chi connectivity index (χ4v) is 1.76. The van der Waals surface area contributed by atoms with E-state index in [0.717, 1.165) is 5.01 Å². The molecular weight excluding hydrogens is 186 g/mol.